The van der Waals surface area contributed by atoms with E-state index in [1.54, 1.807) is 0 Å². The molecule has 1 heterocycles. The van der Waals surface area contributed by atoms with Crippen LogP contribution in [-0.4, -0.2) is 25.4 Å². The second-order valence-corrected chi connectivity index (χ2v) is 4.27. The lowest BCUT2D eigenvalue weighted by Crippen LogP contribution is -2.30. The number of hydrogen-bond acceptors (Lipinski definition) is 3. The molecule has 2 unspecified atom stereocenters. The Balaban J connectivity index is 2.68. The molecule has 1 N–H and O–H groups in total. The highest BCUT2D eigenvalue weighted by atomic mass is 31.0. The summed E-state index contributed by atoms with van der Waals surface area (Å²) in [4.78, 5) is 5.47. The molecule has 0 radical (unpaired) electrons. The molecule has 0 aromatic heterocycles. The Morgan fingerprint density at radius 2 is 1.93 bits per heavy atom. The first-order chi connectivity index (χ1) is 6.72. The first-order valence-corrected chi connectivity index (χ1v) is 4.90. The largest absolute Gasteiger partial charge is 0.310 e. The SMILES string of the molecule is [N-]=[N+]=NCC1(CN=[N+]=[N-])CNC(P)C1. The van der Waals surface area contributed by atoms with Gasteiger partial charge in [-0.1, -0.05) is 10.2 Å². The average molecular weight is 213 g/mol. The summed E-state index contributed by atoms with van der Waals surface area (Å²) in [5.74, 6) is 0.304. The Hall–Kier alpha value is -0.990. The maximum Gasteiger partial charge on any atom is 0.0328 e. The van der Waals surface area contributed by atoms with E-state index in [0.29, 0.717) is 18.9 Å². The average Bonchev–Trinajstić information content (AvgIpc) is 2.55. The van der Waals surface area contributed by atoms with Crippen LogP contribution in [0.4, 0.5) is 0 Å². The Morgan fingerprint density at radius 3 is 2.29 bits per heavy atom. The second-order valence-electron chi connectivity index (χ2n) is 3.47. The van der Waals surface area contributed by atoms with Crippen molar-refractivity contribution in [1.82, 2.24) is 5.32 Å². The normalized spacial score (nSPS) is 30.5. The second kappa shape index (κ2) is 5.03. The summed E-state index contributed by atoms with van der Waals surface area (Å²) >= 11 is 0. The third-order valence-corrected chi connectivity index (χ3v) is 2.80. The van der Waals surface area contributed by atoms with Crippen LogP contribution in [0, 0.1) is 5.41 Å². The fraction of sp³-hybridized carbons (Fsp3) is 1.00. The predicted octanol–water partition coefficient (Wildman–Crippen LogP) is 1.79. The third-order valence-electron chi connectivity index (χ3n) is 2.33. The maximum atomic E-state index is 8.26. The molecule has 0 aliphatic carbocycles. The molecule has 1 rings (SSSR count). The van der Waals surface area contributed by atoms with Gasteiger partial charge in [-0.3, -0.25) is 0 Å². The monoisotopic (exact) mass is 213 g/mol. The van der Waals surface area contributed by atoms with Gasteiger partial charge in [-0.2, -0.15) is 0 Å². The molecule has 8 heteroatoms. The van der Waals surface area contributed by atoms with Crippen LogP contribution >= 0.6 is 9.24 Å². The van der Waals surface area contributed by atoms with Gasteiger partial charge in [0.2, 0.25) is 0 Å². The van der Waals surface area contributed by atoms with E-state index in [4.69, 9.17) is 11.1 Å². The van der Waals surface area contributed by atoms with E-state index in [1.165, 1.54) is 0 Å². The molecule has 14 heavy (non-hydrogen) atoms. The number of nitrogens with one attached hydrogen (secondary N) is 1. The summed E-state index contributed by atoms with van der Waals surface area (Å²) in [6, 6.07) is 0. The minimum absolute atomic E-state index is 0.203. The molecule has 0 aromatic carbocycles. The van der Waals surface area contributed by atoms with E-state index < -0.39 is 0 Å². The van der Waals surface area contributed by atoms with Gasteiger partial charge in [0.1, 0.15) is 0 Å². The van der Waals surface area contributed by atoms with E-state index >= 15 is 0 Å². The zero-order chi connectivity index (χ0) is 10.4. The van der Waals surface area contributed by atoms with Crippen LogP contribution < -0.4 is 5.32 Å². The van der Waals surface area contributed by atoms with Gasteiger partial charge in [0, 0.05) is 35.2 Å². The maximum absolute atomic E-state index is 8.26. The minimum Gasteiger partial charge on any atom is -0.310 e. The van der Waals surface area contributed by atoms with E-state index in [-0.39, 0.29) is 5.41 Å². The summed E-state index contributed by atoms with van der Waals surface area (Å²) in [7, 11) is 2.67. The summed E-state index contributed by atoms with van der Waals surface area (Å²) in [6.45, 7) is 1.47. The van der Waals surface area contributed by atoms with Crippen LogP contribution in [0.5, 0.6) is 0 Å². The number of azide groups is 2. The molecule has 0 bridgehead atoms. The molecule has 76 valence electrons. The molecule has 1 aliphatic heterocycles. The molecule has 0 spiro atoms. The van der Waals surface area contributed by atoms with Crippen molar-refractivity contribution in [2.24, 2.45) is 15.6 Å². The standard InChI is InChI=1S/C6H12N7P/c7-12-10-3-6(4-11-13-8)1-5(14)9-2-6/h5,9H,1-4,14H2. The molecule has 2 atom stereocenters. The molecule has 0 amide bonds. The van der Waals surface area contributed by atoms with E-state index in [1.807, 2.05) is 0 Å². The molecule has 0 aromatic rings. The fourth-order valence-electron chi connectivity index (χ4n) is 1.61. The third kappa shape index (κ3) is 2.76. The van der Waals surface area contributed by atoms with Crippen LogP contribution in [0.15, 0.2) is 10.2 Å². The number of rotatable bonds is 4. The highest BCUT2D eigenvalue weighted by molar-refractivity contribution is 7.17. The Kier molecular flexibility index (Phi) is 3.98. The molecule has 0 saturated carbocycles. The fourth-order valence-corrected chi connectivity index (χ4v) is 2.23. The summed E-state index contributed by atoms with van der Waals surface area (Å²) < 4.78 is 0. The van der Waals surface area contributed by atoms with Crippen molar-refractivity contribution in [2.45, 2.75) is 12.2 Å². The van der Waals surface area contributed by atoms with Gasteiger partial charge in [0.05, 0.1) is 0 Å². The highest BCUT2D eigenvalue weighted by Crippen LogP contribution is 2.32. The zero-order valence-corrected chi connectivity index (χ0v) is 8.82. The van der Waals surface area contributed by atoms with E-state index in [9.17, 15) is 0 Å². The smallest absolute Gasteiger partial charge is 0.0328 e. The van der Waals surface area contributed by atoms with Gasteiger partial charge < -0.3 is 5.32 Å². The topological polar surface area (TPSA) is 110 Å². The van der Waals surface area contributed by atoms with Gasteiger partial charge in [-0.25, -0.2) is 0 Å². The highest BCUT2D eigenvalue weighted by Gasteiger charge is 2.36. The lowest BCUT2D eigenvalue weighted by Gasteiger charge is -2.23. The minimum atomic E-state index is -0.203. The molecular formula is C6H12N7P. The van der Waals surface area contributed by atoms with Crippen molar-refractivity contribution in [3.63, 3.8) is 0 Å². The van der Waals surface area contributed by atoms with E-state index in [0.717, 1.165) is 13.0 Å². The summed E-state index contributed by atoms with van der Waals surface area (Å²) in [5, 5.41) is 10.3. The van der Waals surface area contributed by atoms with Crippen molar-refractivity contribution in [1.29, 1.82) is 0 Å². The van der Waals surface area contributed by atoms with Crippen molar-refractivity contribution < 1.29 is 0 Å². The van der Waals surface area contributed by atoms with Gasteiger partial charge in [-0.05, 0) is 22.9 Å². The molecule has 1 aliphatic rings. The first-order valence-electron chi connectivity index (χ1n) is 4.23. The van der Waals surface area contributed by atoms with Crippen molar-refractivity contribution in [3.05, 3.63) is 20.9 Å². The van der Waals surface area contributed by atoms with Crippen LogP contribution in [0.25, 0.3) is 20.9 Å². The van der Waals surface area contributed by atoms with Crippen LogP contribution in [-0.2, 0) is 0 Å². The summed E-state index contributed by atoms with van der Waals surface area (Å²) in [5.41, 5.74) is 16.3. The predicted molar refractivity (Wildman–Crippen MR) is 56.6 cm³/mol. The first kappa shape index (κ1) is 11.1. The molecule has 1 saturated heterocycles. The Bertz CT molecular complexity index is 271. The van der Waals surface area contributed by atoms with Gasteiger partial charge >= 0.3 is 0 Å². The number of hydrogen-bond donors (Lipinski definition) is 1. The number of nitrogens with zero attached hydrogens (tertiary/aromatic N) is 6. The van der Waals surface area contributed by atoms with Crippen molar-refractivity contribution in [2.75, 3.05) is 19.6 Å². The zero-order valence-electron chi connectivity index (χ0n) is 7.67. The van der Waals surface area contributed by atoms with Gasteiger partial charge in [0.25, 0.3) is 0 Å². The quantitative estimate of drug-likeness (QED) is 0.326. The van der Waals surface area contributed by atoms with Crippen LogP contribution in [0.2, 0.25) is 0 Å². The Morgan fingerprint density at radius 1 is 1.36 bits per heavy atom. The summed E-state index contributed by atoms with van der Waals surface area (Å²) in [6.07, 6.45) is 0.843. The van der Waals surface area contributed by atoms with Crippen molar-refractivity contribution in [3.8, 4) is 0 Å². The van der Waals surface area contributed by atoms with Gasteiger partial charge in [0.15, 0.2) is 0 Å². The van der Waals surface area contributed by atoms with E-state index in [2.05, 4.69) is 34.6 Å². The Labute approximate surface area is 83.7 Å². The molecular weight excluding hydrogens is 201 g/mol. The molecule has 1 fully saturated rings. The van der Waals surface area contributed by atoms with Crippen LogP contribution in [0.3, 0.4) is 0 Å². The van der Waals surface area contributed by atoms with Gasteiger partial charge in [-0.15, -0.1) is 9.24 Å². The lowest BCUT2D eigenvalue weighted by atomic mass is 9.87. The lowest BCUT2D eigenvalue weighted by molar-refractivity contribution is 0.346. The van der Waals surface area contributed by atoms with Crippen LogP contribution in [0.1, 0.15) is 6.42 Å². The molecule has 7 nitrogen and oxygen atoms in total. The van der Waals surface area contributed by atoms with Crippen molar-refractivity contribution >= 4 is 9.24 Å².